The SMILES string of the molecule is Cc1ccc2c(c1)c1cc(C)cc3c1n2-c1c2c4c(c5c1B3c1cc(-c3ccc(C(C)(C)C)cc3)ccc1O5)-n1c3ccc(C)cc3c3cc(C)cc(c31)B4c1cc(-c3ccc(C(C)C)cc3)ccc1O2. The second-order valence-corrected chi connectivity index (χ2v) is 22.6. The highest BCUT2D eigenvalue weighted by molar-refractivity contribution is 7.02. The lowest BCUT2D eigenvalue weighted by molar-refractivity contribution is 0.472. The van der Waals surface area contributed by atoms with E-state index in [1.54, 1.807) is 0 Å². The lowest BCUT2D eigenvalue weighted by Crippen LogP contribution is -2.63. The molecule has 15 rings (SSSR count). The predicted octanol–water partition coefficient (Wildman–Crippen LogP) is 12.7. The fourth-order valence-electron chi connectivity index (χ4n) is 13.2. The first-order valence-corrected chi connectivity index (χ1v) is 25.5. The topological polar surface area (TPSA) is 28.3 Å². The minimum Gasteiger partial charge on any atom is -0.456 e. The van der Waals surface area contributed by atoms with E-state index in [1.807, 2.05) is 0 Å². The van der Waals surface area contributed by atoms with Crippen LogP contribution in [0, 0.1) is 27.7 Å². The molecule has 0 spiro atoms. The van der Waals surface area contributed by atoms with Crippen molar-refractivity contribution in [2.45, 2.75) is 73.6 Å². The molecule has 0 amide bonds. The molecular formula is C65H52B2N2O2. The number of hydrogen-bond donors (Lipinski definition) is 0. The van der Waals surface area contributed by atoms with E-state index >= 15 is 0 Å². The van der Waals surface area contributed by atoms with E-state index in [2.05, 4.69) is 217 Å². The van der Waals surface area contributed by atoms with Crippen LogP contribution in [-0.2, 0) is 5.41 Å². The average molecular weight is 915 g/mol. The summed E-state index contributed by atoms with van der Waals surface area (Å²) in [4.78, 5) is 0. The lowest BCUT2D eigenvalue weighted by atomic mass is 9.31. The summed E-state index contributed by atoms with van der Waals surface area (Å²) >= 11 is 0. The maximum atomic E-state index is 7.73. The molecule has 71 heavy (non-hydrogen) atoms. The van der Waals surface area contributed by atoms with Crippen LogP contribution >= 0.6 is 0 Å². The summed E-state index contributed by atoms with van der Waals surface area (Å²) in [6.45, 7) is 20.0. The Morgan fingerprint density at radius 3 is 1.28 bits per heavy atom. The van der Waals surface area contributed by atoms with Crippen LogP contribution in [-0.4, -0.2) is 22.6 Å². The third kappa shape index (κ3) is 5.54. The number of fused-ring (bicyclic) bond motifs is 16. The van der Waals surface area contributed by atoms with Crippen LogP contribution in [0.4, 0.5) is 0 Å². The Balaban J connectivity index is 1.09. The molecule has 0 aliphatic carbocycles. The maximum Gasteiger partial charge on any atom is 0.256 e. The minimum atomic E-state index is -0.141. The number of rotatable bonds is 3. The normalized spacial score (nSPS) is 13.7. The second-order valence-electron chi connectivity index (χ2n) is 22.6. The van der Waals surface area contributed by atoms with Crippen LogP contribution in [0.1, 0.15) is 73.9 Å². The Morgan fingerprint density at radius 1 is 0.423 bits per heavy atom. The van der Waals surface area contributed by atoms with E-state index in [9.17, 15) is 0 Å². The molecule has 0 fully saturated rings. The Bertz CT molecular complexity index is 4220. The molecule has 4 aliphatic rings. The van der Waals surface area contributed by atoms with Gasteiger partial charge in [-0.15, -0.1) is 0 Å². The third-order valence-electron chi connectivity index (χ3n) is 16.5. The maximum absolute atomic E-state index is 7.73. The molecule has 6 heteroatoms. The Morgan fingerprint density at radius 2 is 0.845 bits per heavy atom. The van der Waals surface area contributed by atoms with E-state index in [-0.39, 0.29) is 18.8 Å². The van der Waals surface area contributed by atoms with E-state index in [0.29, 0.717) is 5.92 Å². The highest BCUT2D eigenvalue weighted by atomic mass is 16.5. The fraction of sp³-hybridized carbons (Fsp3) is 0.169. The van der Waals surface area contributed by atoms with Gasteiger partial charge in [0.25, 0.3) is 13.4 Å². The van der Waals surface area contributed by atoms with E-state index in [1.165, 1.54) is 121 Å². The molecule has 11 aromatic rings. The molecule has 0 saturated heterocycles. The van der Waals surface area contributed by atoms with Gasteiger partial charge in [0.1, 0.15) is 23.0 Å². The molecule has 6 heterocycles. The molecule has 0 saturated carbocycles. The van der Waals surface area contributed by atoms with Crippen molar-refractivity contribution in [2.75, 3.05) is 0 Å². The van der Waals surface area contributed by atoms with Crippen LogP contribution in [0.2, 0.25) is 0 Å². The molecule has 9 aromatic carbocycles. The van der Waals surface area contributed by atoms with Gasteiger partial charge < -0.3 is 18.6 Å². The van der Waals surface area contributed by atoms with Gasteiger partial charge >= 0.3 is 0 Å². The quantitative estimate of drug-likeness (QED) is 0.165. The van der Waals surface area contributed by atoms with Gasteiger partial charge in [-0.3, -0.25) is 0 Å². The van der Waals surface area contributed by atoms with Gasteiger partial charge in [-0.25, -0.2) is 0 Å². The van der Waals surface area contributed by atoms with Gasteiger partial charge in [0, 0.05) is 43.5 Å². The molecule has 0 N–H and O–H groups in total. The zero-order valence-corrected chi connectivity index (χ0v) is 41.8. The first kappa shape index (κ1) is 41.1. The summed E-state index contributed by atoms with van der Waals surface area (Å²) in [6, 6.07) is 55.8. The molecule has 0 unspecified atom stereocenters. The number of aryl methyl sites for hydroxylation is 4. The standard InChI is InChI=1S/C65H52B2N2O2/c1-34(2)39-12-14-40(15-13-39)42-18-24-55-49(32-42)66-51-30-37(5)28-47-45-26-35(3)10-22-53(45)68(59(47)51)61-57(66)63(70-55)62-58-64(61)71-56-25-19-43(41-16-20-44(21-17-41)65(7,8)9)33-50(56)67(58)52-31-38(6)29-48-46-27-36(4)11-23-54(46)69(62)60(48)52/h10-34H,1-9H3. The van der Waals surface area contributed by atoms with Gasteiger partial charge in [-0.1, -0.05) is 154 Å². The van der Waals surface area contributed by atoms with Crippen LogP contribution in [0.3, 0.4) is 0 Å². The fourth-order valence-corrected chi connectivity index (χ4v) is 13.2. The first-order valence-electron chi connectivity index (χ1n) is 25.5. The van der Waals surface area contributed by atoms with Crippen molar-refractivity contribution in [3.05, 3.63) is 179 Å². The van der Waals surface area contributed by atoms with Crippen LogP contribution in [0.15, 0.2) is 146 Å². The van der Waals surface area contributed by atoms with Gasteiger partial charge in [-0.2, -0.15) is 0 Å². The van der Waals surface area contributed by atoms with Crippen LogP contribution in [0.5, 0.6) is 23.0 Å². The van der Waals surface area contributed by atoms with E-state index in [0.717, 1.165) is 45.3 Å². The minimum absolute atomic E-state index is 0.0652. The summed E-state index contributed by atoms with van der Waals surface area (Å²) in [5.74, 6) is 4.08. The van der Waals surface area contributed by atoms with Crippen molar-refractivity contribution >= 4 is 89.8 Å². The smallest absolute Gasteiger partial charge is 0.256 e. The molecule has 0 atom stereocenters. The zero-order chi connectivity index (χ0) is 48.1. The van der Waals surface area contributed by atoms with Crippen molar-refractivity contribution in [1.29, 1.82) is 0 Å². The van der Waals surface area contributed by atoms with Crippen LogP contribution in [0.25, 0.3) is 77.2 Å². The molecule has 4 aliphatic heterocycles. The van der Waals surface area contributed by atoms with Crippen molar-refractivity contribution in [2.24, 2.45) is 0 Å². The number of benzene rings is 9. The van der Waals surface area contributed by atoms with Gasteiger partial charge in [0.2, 0.25) is 0 Å². The highest BCUT2D eigenvalue weighted by Gasteiger charge is 2.50. The molecular weight excluding hydrogens is 862 g/mol. The summed E-state index contributed by atoms with van der Waals surface area (Å²) in [5, 5.41) is 5.06. The molecule has 4 nitrogen and oxygen atoms in total. The summed E-state index contributed by atoms with van der Waals surface area (Å²) in [6.07, 6.45) is 0. The van der Waals surface area contributed by atoms with E-state index in [4.69, 9.17) is 9.47 Å². The number of aromatic nitrogens is 2. The van der Waals surface area contributed by atoms with E-state index < -0.39 is 0 Å². The molecule has 2 aromatic heterocycles. The molecule has 340 valence electrons. The van der Waals surface area contributed by atoms with Gasteiger partial charge in [0.15, 0.2) is 0 Å². The largest absolute Gasteiger partial charge is 0.456 e. The van der Waals surface area contributed by atoms with Crippen molar-refractivity contribution in [1.82, 2.24) is 9.13 Å². The van der Waals surface area contributed by atoms with Gasteiger partial charge in [0.05, 0.1) is 22.4 Å². The Kier molecular flexibility index (Phi) is 8.11. The number of ether oxygens (including phenoxy) is 2. The highest BCUT2D eigenvalue weighted by Crippen LogP contribution is 2.49. The summed E-state index contributed by atoms with van der Waals surface area (Å²) in [5.41, 5.74) is 26.7. The van der Waals surface area contributed by atoms with Crippen molar-refractivity contribution < 1.29 is 9.47 Å². The number of hydrogen-bond acceptors (Lipinski definition) is 2. The predicted molar refractivity (Wildman–Crippen MR) is 300 cm³/mol. The Labute approximate surface area is 415 Å². The average Bonchev–Trinajstić information content (AvgIpc) is 3.85. The molecule has 0 bridgehead atoms. The number of nitrogens with zero attached hydrogens (tertiary/aromatic N) is 2. The van der Waals surface area contributed by atoms with Crippen molar-refractivity contribution in [3.8, 4) is 56.6 Å². The zero-order valence-electron chi connectivity index (χ0n) is 41.8. The second kappa shape index (κ2) is 14.0. The third-order valence-corrected chi connectivity index (χ3v) is 16.5. The summed E-state index contributed by atoms with van der Waals surface area (Å²) < 4.78 is 20.6. The van der Waals surface area contributed by atoms with Crippen LogP contribution < -0.4 is 42.3 Å². The van der Waals surface area contributed by atoms with Crippen molar-refractivity contribution in [3.63, 3.8) is 0 Å². The Hall–Kier alpha value is -7.69. The summed E-state index contributed by atoms with van der Waals surface area (Å²) in [7, 11) is 0. The lowest BCUT2D eigenvalue weighted by Gasteiger charge is -2.41. The first-order chi connectivity index (χ1) is 34.3. The molecule has 0 radical (unpaired) electrons. The van der Waals surface area contributed by atoms with Gasteiger partial charge in [-0.05, 0) is 143 Å². The monoisotopic (exact) mass is 914 g/mol.